The number of nitrogens with zero attached hydrogens (tertiary/aromatic N) is 1. The van der Waals surface area contributed by atoms with Crippen LogP contribution < -0.4 is 4.74 Å². The Bertz CT molecular complexity index is 584. The zero-order valence-corrected chi connectivity index (χ0v) is 11.2. The van der Waals surface area contributed by atoms with E-state index in [-0.39, 0.29) is 11.4 Å². The van der Waals surface area contributed by atoms with Gasteiger partial charge in [-0.05, 0) is 30.7 Å². The highest BCUT2D eigenvalue weighted by molar-refractivity contribution is 9.10. The number of aryl methyl sites for hydroxylation is 1. The Kier molecular flexibility index (Phi) is 3.62. The molecule has 5 heteroatoms. The van der Waals surface area contributed by atoms with Crippen molar-refractivity contribution in [2.45, 2.75) is 6.92 Å². The van der Waals surface area contributed by atoms with Gasteiger partial charge < -0.3 is 4.74 Å². The standard InChI is InChI=1S/C13H10BrNO3/c1-9-7-10(14)8-12(15(16)17)13(9)18-11-5-3-2-4-6-11/h2-8H,1H3. The Labute approximate surface area is 112 Å². The summed E-state index contributed by atoms with van der Waals surface area (Å²) >= 11 is 3.24. The molecule has 0 atom stereocenters. The molecule has 0 radical (unpaired) electrons. The summed E-state index contributed by atoms with van der Waals surface area (Å²) in [6, 6.07) is 12.2. The second kappa shape index (κ2) is 5.18. The lowest BCUT2D eigenvalue weighted by Crippen LogP contribution is -1.96. The van der Waals surface area contributed by atoms with E-state index >= 15 is 0 Å². The molecule has 18 heavy (non-hydrogen) atoms. The normalized spacial score (nSPS) is 10.1. The average molecular weight is 308 g/mol. The number of halogens is 1. The van der Waals surface area contributed by atoms with Gasteiger partial charge in [-0.1, -0.05) is 34.1 Å². The Morgan fingerprint density at radius 3 is 2.50 bits per heavy atom. The Morgan fingerprint density at radius 2 is 1.89 bits per heavy atom. The number of hydrogen-bond acceptors (Lipinski definition) is 3. The second-order valence-electron chi connectivity index (χ2n) is 3.74. The molecule has 0 unspecified atom stereocenters. The van der Waals surface area contributed by atoms with E-state index in [4.69, 9.17) is 4.74 Å². The van der Waals surface area contributed by atoms with Crippen molar-refractivity contribution in [3.63, 3.8) is 0 Å². The minimum atomic E-state index is -0.448. The second-order valence-corrected chi connectivity index (χ2v) is 4.66. The molecule has 0 aromatic heterocycles. The smallest absolute Gasteiger partial charge is 0.312 e. The van der Waals surface area contributed by atoms with Gasteiger partial charge in [0.1, 0.15) is 5.75 Å². The van der Waals surface area contributed by atoms with Crippen molar-refractivity contribution < 1.29 is 9.66 Å². The zero-order chi connectivity index (χ0) is 13.1. The fraction of sp³-hybridized carbons (Fsp3) is 0.0769. The minimum Gasteiger partial charge on any atom is -0.450 e. The largest absolute Gasteiger partial charge is 0.450 e. The van der Waals surface area contributed by atoms with Gasteiger partial charge in [-0.25, -0.2) is 0 Å². The summed E-state index contributed by atoms with van der Waals surface area (Å²) in [5.74, 6) is 0.848. The number of rotatable bonds is 3. The summed E-state index contributed by atoms with van der Waals surface area (Å²) in [7, 11) is 0. The van der Waals surface area contributed by atoms with Gasteiger partial charge in [-0.3, -0.25) is 10.1 Å². The first kappa shape index (κ1) is 12.6. The Hall–Kier alpha value is -1.88. The number of ether oxygens (including phenoxy) is 1. The van der Waals surface area contributed by atoms with Crippen LogP contribution in [0.25, 0.3) is 0 Å². The predicted octanol–water partition coefficient (Wildman–Crippen LogP) is 4.46. The Morgan fingerprint density at radius 1 is 1.22 bits per heavy atom. The van der Waals surface area contributed by atoms with Gasteiger partial charge in [-0.15, -0.1) is 0 Å². The van der Waals surface area contributed by atoms with E-state index in [0.29, 0.717) is 15.8 Å². The molecular weight excluding hydrogens is 298 g/mol. The van der Waals surface area contributed by atoms with Crippen LogP contribution in [0, 0.1) is 17.0 Å². The molecule has 0 heterocycles. The number of hydrogen-bond donors (Lipinski definition) is 0. The summed E-state index contributed by atoms with van der Waals surface area (Å²) in [6.45, 7) is 1.77. The summed E-state index contributed by atoms with van der Waals surface area (Å²) < 4.78 is 6.25. The zero-order valence-electron chi connectivity index (χ0n) is 9.59. The lowest BCUT2D eigenvalue weighted by atomic mass is 10.2. The average Bonchev–Trinajstić information content (AvgIpc) is 2.33. The van der Waals surface area contributed by atoms with Gasteiger partial charge in [0.15, 0.2) is 0 Å². The van der Waals surface area contributed by atoms with E-state index in [2.05, 4.69) is 15.9 Å². The maximum atomic E-state index is 11.0. The summed E-state index contributed by atoms with van der Waals surface area (Å²) in [4.78, 5) is 10.6. The molecule has 0 N–H and O–H groups in total. The van der Waals surface area contributed by atoms with E-state index in [9.17, 15) is 10.1 Å². The number of nitro benzene ring substituents is 1. The van der Waals surface area contributed by atoms with Gasteiger partial charge in [0.2, 0.25) is 5.75 Å². The fourth-order valence-corrected chi connectivity index (χ4v) is 2.15. The molecule has 2 rings (SSSR count). The van der Waals surface area contributed by atoms with Crippen LogP contribution in [0.5, 0.6) is 11.5 Å². The van der Waals surface area contributed by atoms with Crippen molar-refractivity contribution in [1.29, 1.82) is 0 Å². The lowest BCUT2D eigenvalue weighted by molar-refractivity contribution is -0.385. The number of benzene rings is 2. The minimum absolute atomic E-state index is 0.0503. The predicted molar refractivity (Wildman–Crippen MR) is 72.0 cm³/mol. The topological polar surface area (TPSA) is 52.4 Å². The third kappa shape index (κ3) is 2.68. The van der Waals surface area contributed by atoms with Crippen LogP contribution in [0.15, 0.2) is 46.9 Å². The van der Waals surface area contributed by atoms with Gasteiger partial charge in [0, 0.05) is 10.5 Å². The van der Waals surface area contributed by atoms with Crippen molar-refractivity contribution in [2.75, 3.05) is 0 Å². The van der Waals surface area contributed by atoms with E-state index in [1.165, 1.54) is 6.07 Å². The first-order valence-corrected chi connectivity index (χ1v) is 6.04. The maximum Gasteiger partial charge on any atom is 0.312 e. The van der Waals surface area contributed by atoms with E-state index in [0.717, 1.165) is 0 Å². The van der Waals surface area contributed by atoms with Crippen LogP contribution in [0.2, 0.25) is 0 Å². The molecular formula is C13H10BrNO3. The molecule has 0 spiro atoms. The molecule has 0 saturated carbocycles. The quantitative estimate of drug-likeness (QED) is 0.621. The molecule has 0 aliphatic rings. The Balaban J connectivity index is 2.47. The van der Waals surface area contributed by atoms with Crippen LogP contribution >= 0.6 is 15.9 Å². The van der Waals surface area contributed by atoms with Crippen molar-refractivity contribution in [1.82, 2.24) is 0 Å². The molecule has 2 aromatic rings. The van der Waals surface area contributed by atoms with Crippen molar-refractivity contribution in [2.24, 2.45) is 0 Å². The SMILES string of the molecule is Cc1cc(Br)cc([N+](=O)[O-])c1Oc1ccccc1. The highest BCUT2D eigenvalue weighted by Crippen LogP contribution is 2.36. The highest BCUT2D eigenvalue weighted by atomic mass is 79.9. The summed E-state index contributed by atoms with van der Waals surface area (Å²) in [5.41, 5.74) is 0.658. The van der Waals surface area contributed by atoms with Gasteiger partial charge in [-0.2, -0.15) is 0 Å². The van der Waals surface area contributed by atoms with E-state index in [1.54, 1.807) is 25.1 Å². The molecule has 0 saturated heterocycles. The van der Waals surface area contributed by atoms with Gasteiger partial charge in [0.25, 0.3) is 0 Å². The van der Waals surface area contributed by atoms with Crippen LogP contribution in [-0.2, 0) is 0 Å². The molecule has 0 aliphatic carbocycles. The summed E-state index contributed by atoms with van der Waals surface area (Å²) in [5, 5.41) is 11.0. The van der Waals surface area contributed by atoms with E-state index < -0.39 is 4.92 Å². The van der Waals surface area contributed by atoms with Crippen molar-refractivity contribution in [3.05, 3.63) is 62.6 Å². The van der Waals surface area contributed by atoms with Gasteiger partial charge >= 0.3 is 5.69 Å². The molecule has 92 valence electrons. The first-order chi connectivity index (χ1) is 8.58. The summed E-state index contributed by atoms with van der Waals surface area (Å²) in [6.07, 6.45) is 0. The number of nitro groups is 1. The maximum absolute atomic E-state index is 11.0. The number of para-hydroxylation sites is 1. The first-order valence-electron chi connectivity index (χ1n) is 5.25. The molecule has 0 amide bonds. The lowest BCUT2D eigenvalue weighted by Gasteiger charge is -2.09. The monoisotopic (exact) mass is 307 g/mol. The third-order valence-electron chi connectivity index (χ3n) is 2.38. The third-order valence-corrected chi connectivity index (χ3v) is 2.84. The van der Waals surface area contributed by atoms with Crippen LogP contribution in [0.4, 0.5) is 5.69 Å². The van der Waals surface area contributed by atoms with E-state index in [1.807, 2.05) is 18.2 Å². The molecule has 4 nitrogen and oxygen atoms in total. The van der Waals surface area contributed by atoms with Crippen molar-refractivity contribution in [3.8, 4) is 11.5 Å². The molecule has 0 fully saturated rings. The van der Waals surface area contributed by atoms with Gasteiger partial charge in [0.05, 0.1) is 4.92 Å². The fourth-order valence-electron chi connectivity index (χ4n) is 1.59. The molecule has 0 bridgehead atoms. The van der Waals surface area contributed by atoms with Crippen LogP contribution in [0.3, 0.4) is 0 Å². The van der Waals surface area contributed by atoms with Crippen molar-refractivity contribution >= 4 is 21.6 Å². The van der Waals surface area contributed by atoms with Crippen LogP contribution in [0.1, 0.15) is 5.56 Å². The highest BCUT2D eigenvalue weighted by Gasteiger charge is 2.19. The van der Waals surface area contributed by atoms with Crippen LogP contribution in [-0.4, -0.2) is 4.92 Å². The molecule has 2 aromatic carbocycles. The molecule has 0 aliphatic heterocycles.